The summed E-state index contributed by atoms with van der Waals surface area (Å²) in [6.45, 7) is 2.33. The van der Waals surface area contributed by atoms with E-state index in [1.165, 1.54) is 12.8 Å². The summed E-state index contributed by atoms with van der Waals surface area (Å²) in [6.07, 6.45) is 2.77. The van der Waals surface area contributed by atoms with Gasteiger partial charge < -0.3 is 5.73 Å². The van der Waals surface area contributed by atoms with E-state index in [0.717, 1.165) is 17.8 Å². The molecule has 2 fully saturated rings. The summed E-state index contributed by atoms with van der Waals surface area (Å²) < 4.78 is 0. The van der Waals surface area contributed by atoms with Gasteiger partial charge in [0.05, 0.1) is 0 Å². The van der Waals surface area contributed by atoms with Crippen LogP contribution < -0.4 is 5.73 Å². The smallest absolute Gasteiger partial charge is 0.00738 e. The average Bonchev–Trinajstić information content (AvgIpc) is 2.47. The van der Waals surface area contributed by atoms with Gasteiger partial charge in [-0.2, -0.15) is 0 Å². The number of hydrogen-bond donors (Lipinski definition) is 1. The first-order chi connectivity index (χ1) is 3.79. The summed E-state index contributed by atoms with van der Waals surface area (Å²) in [5.74, 6) is 2.98. The van der Waals surface area contributed by atoms with E-state index in [0.29, 0.717) is 6.04 Å². The summed E-state index contributed by atoms with van der Waals surface area (Å²) in [7, 11) is 0. The average molecular weight is 111 g/mol. The molecule has 0 amide bonds. The van der Waals surface area contributed by atoms with Gasteiger partial charge >= 0.3 is 0 Å². The Balaban J connectivity index is 1.86. The van der Waals surface area contributed by atoms with Crippen LogP contribution in [0, 0.1) is 17.8 Å². The Morgan fingerprint density at radius 2 is 1.75 bits per heavy atom. The molecule has 0 aromatic heterocycles. The first kappa shape index (κ1) is 4.80. The fraction of sp³-hybridized carbons (Fsp3) is 1.00. The standard InChI is InChI=1S/C7H13N/c1-4-2-5(4)6-3-7(6)8/h4-7H,2-3,8H2,1H3/t4-,5+,6-,7+/m1/s1. The zero-order chi connectivity index (χ0) is 5.72. The highest BCUT2D eigenvalue weighted by Crippen LogP contribution is 2.53. The largest absolute Gasteiger partial charge is 0.327 e. The molecule has 2 N–H and O–H groups in total. The molecule has 0 aromatic rings. The Morgan fingerprint density at radius 3 is 1.88 bits per heavy atom. The van der Waals surface area contributed by atoms with Gasteiger partial charge in [-0.25, -0.2) is 0 Å². The molecule has 0 aliphatic heterocycles. The lowest BCUT2D eigenvalue weighted by molar-refractivity contribution is 0.636. The number of nitrogens with two attached hydrogens (primary N) is 1. The minimum Gasteiger partial charge on any atom is -0.327 e. The topological polar surface area (TPSA) is 26.0 Å². The van der Waals surface area contributed by atoms with Crippen molar-refractivity contribution < 1.29 is 0 Å². The second-order valence-corrected chi connectivity index (χ2v) is 3.44. The molecule has 0 radical (unpaired) electrons. The minimum absolute atomic E-state index is 0.588. The SMILES string of the molecule is C[C@@H]1C[C@@H]1[C@H]1C[C@@H]1N. The van der Waals surface area contributed by atoms with Crippen LogP contribution in [0.5, 0.6) is 0 Å². The van der Waals surface area contributed by atoms with E-state index >= 15 is 0 Å². The predicted molar refractivity (Wildman–Crippen MR) is 33.4 cm³/mol. The molecular weight excluding hydrogens is 98.1 g/mol. The van der Waals surface area contributed by atoms with Crippen molar-refractivity contribution in [3.63, 3.8) is 0 Å². The molecule has 2 aliphatic rings. The van der Waals surface area contributed by atoms with Crippen LogP contribution in [-0.2, 0) is 0 Å². The van der Waals surface area contributed by atoms with Crippen molar-refractivity contribution in [2.24, 2.45) is 23.5 Å². The Bertz CT molecular complexity index is 97.0. The third-order valence-corrected chi connectivity index (χ3v) is 2.61. The molecule has 4 atom stereocenters. The molecule has 2 rings (SSSR count). The lowest BCUT2D eigenvalue weighted by atomic mass is 10.2. The zero-order valence-electron chi connectivity index (χ0n) is 5.30. The van der Waals surface area contributed by atoms with Gasteiger partial charge in [0.15, 0.2) is 0 Å². The van der Waals surface area contributed by atoms with Gasteiger partial charge in [-0.1, -0.05) is 6.92 Å². The van der Waals surface area contributed by atoms with E-state index in [2.05, 4.69) is 6.92 Å². The van der Waals surface area contributed by atoms with E-state index < -0.39 is 0 Å². The molecule has 2 saturated carbocycles. The maximum atomic E-state index is 5.67. The summed E-state index contributed by atoms with van der Waals surface area (Å²) in [6, 6.07) is 0.588. The quantitative estimate of drug-likeness (QED) is 0.536. The van der Waals surface area contributed by atoms with E-state index in [-0.39, 0.29) is 0 Å². The molecular formula is C7H13N. The van der Waals surface area contributed by atoms with Gasteiger partial charge in [-0.15, -0.1) is 0 Å². The highest BCUT2D eigenvalue weighted by Gasteiger charge is 2.49. The Morgan fingerprint density at radius 1 is 1.25 bits per heavy atom. The monoisotopic (exact) mass is 111 g/mol. The molecule has 0 saturated heterocycles. The van der Waals surface area contributed by atoms with Crippen LogP contribution in [0.4, 0.5) is 0 Å². The van der Waals surface area contributed by atoms with E-state index in [9.17, 15) is 0 Å². The fourth-order valence-corrected chi connectivity index (χ4v) is 1.68. The van der Waals surface area contributed by atoms with E-state index in [4.69, 9.17) is 5.73 Å². The van der Waals surface area contributed by atoms with Crippen molar-refractivity contribution in [2.45, 2.75) is 25.8 Å². The maximum Gasteiger partial charge on any atom is 0.00738 e. The lowest BCUT2D eigenvalue weighted by Crippen LogP contribution is -2.02. The van der Waals surface area contributed by atoms with Gasteiger partial charge in [-0.3, -0.25) is 0 Å². The first-order valence-electron chi connectivity index (χ1n) is 3.54. The minimum atomic E-state index is 0.588. The van der Waals surface area contributed by atoms with Crippen molar-refractivity contribution in [1.29, 1.82) is 0 Å². The lowest BCUT2D eigenvalue weighted by Gasteiger charge is -1.87. The fourth-order valence-electron chi connectivity index (χ4n) is 1.68. The van der Waals surface area contributed by atoms with E-state index in [1.54, 1.807) is 0 Å². The van der Waals surface area contributed by atoms with Crippen LogP contribution in [0.2, 0.25) is 0 Å². The highest BCUT2D eigenvalue weighted by molar-refractivity contribution is 5.02. The summed E-state index contributed by atoms with van der Waals surface area (Å²) in [5, 5.41) is 0. The molecule has 2 aliphatic carbocycles. The number of hydrogen-bond acceptors (Lipinski definition) is 1. The summed E-state index contributed by atoms with van der Waals surface area (Å²) >= 11 is 0. The molecule has 46 valence electrons. The van der Waals surface area contributed by atoms with Crippen LogP contribution in [0.3, 0.4) is 0 Å². The van der Waals surface area contributed by atoms with Gasteiger partial charge in [0.1, 0.15) is 0 Å². The Labute approximate surface area is 50.3 Å². The summed E-state index contributed by atoms with van der Waals surface area (Å²) in [4.78, 5) is 0. The molecule has 1 heteroatoms. The van der Waals surface area contributed by atoms with Crippen LogP contribution in [-0.4, -0.2) is 6.04 Å². The Kier molecular flexibility index (Phi) is 0.762. The van der Waals surface area contributed by atoms with Crippen molar-refractivity contribution >= 4 is 0 Å². The van der Waals surface area contributed by atoms with Crippen molar-refractivity contribution in [3.05, 3.63) is 0 Å². The zero-order valence-corrected chi connectivity index (χ0v) is 5.30. The molecule has 8 heavy (non-hydrogen) atoms. The third-order valence-electron chi connectivity index (χ3n) is 2.61. The van der Waals surface area contributed by atoms with Gasteiger partial charge in [0, 0.05) is 6.04 Å². The molecule has 1 nitrogen and oxygen atoms in total. The van der Waals surface area contributed by atoms with Crippen LogP contribution in [0.25, 0.3) is 0 Å². The van der Waals surface area contributed by atoms with Crippen LogP contribution >= 0.6 is 0 Å². The van der Waals surface area contributed by atoms with Gasteiger partial charge in [0.2, 0.25) is 0 Å². The molecule has 0 bridgehead atoms. The van der Waals surface area contributed by atoms with E-state index in [1.807, 2.05) is 0 Å². The Hall–Kier alpha value is -0.0400. The second kappa shape index (κ2) is 1.27. The molecule has 0 unspecified atom stereocenters. The number of rotatable bonds is 1. The molecule has 0 aromatic carbocycles. The van der Waals surface area contributed by atoms with Crippen LogP contribution in [0.1, 0.15) is 19.8 Å². The molecule has 0 heterocycles. The van der Waals surface area contributed by atoms with Crippen molar-refractivity contribution in [2.75, 3.05) is 0 Å². The van der Waals surface area contributed by atoms with Crippen LogP contribution in [0.15, 0.2) is 0 Å². The van der Waals surface area contributed by atoms with Crippen molar-refractivity contribution in [3.8, 4) is 0 Å². The predicted octanol–water partition coefficient (Wildman–Crippen LogP) is 0.990. The highest BCUT2D eigenvalue weighted by atomic mass is 14.8. The third kappa shape index (κ3) is 0.576. The normalized spacial score (nSPS) is 60.8. The van der Waals surface area contributed by atoms with Gasteiger partial charge in [0.25, 0.3) is 0 Å². The van der Waals surface area contributed by atoms with Crippen molar-refractivity contribution in [1.82, 2.24) is 0 Å². The van der Waals surface area contributed by atoms with Gasteiger partial charge in [-0.05, 0) is 30.6 Å². The molecule has 0 spiro atoms. The first-order valence-corrected chi connectivity index (χ1v) is 3.54. The summed E-state index contributed by atoms with van der Waals surface area (Å²) in [5.41, 5.74) is 5.67. The maximum absolute atomic E-state index is 5.67. The second-order valence-electron chi connectivity index (χ2n) is 3.44.